The van der Waals surface area contributed by atoms with Gasteiger partial charge in [0.2, 0.25) is 0 Å². The zero-order valence-electron chi connectivity index (χ0n) is 10.7. The Bertz CT molecular complexity index is 565. The van der Waals surface area contributed by atoms with E-state index in [2.05, 4.69) is 24.3 Å². The Morgan fingerprint density at radius 3 is 2.74 bits per heavy atom. The molecule has 3 nitrogen and oxygen atoms in total. The van der Waals surface area contributed by atoms with Crippen LogP contribution in [0.1, 0.15) is 16.1 Å². The second-order valence-electron chi connectivity index (χ2n) is 4.56. The lowest BCUT2D eigenvalue weighted by molar-refractivity contribution is 0.0836. The summed E-state index contributed by atoms with van der Waals surface area (Å²) in [5, 5.41) is 0. The minimum atomic E-state index is 0.134. The number of nitrogens with zero attached hydrogens (tertiary/aromatic N) is 2. The van der Waals surface area contributed by atoms with Gasteiger partial charge in [0.15, 0.2) is 0 Å². The number of amides is 1. The maximum atomic E-state index is 12.2. The molecule has 0 saturated heterocycles. The van der Waals surface area contributed by atoms with Crippen molar-refractivity contribution in [1.29, 1.82) is 0 Å². The van der Waals surface area contributed by atoms with Crippen molar-refractivity contribution in [2.24, 2.45) is 0 Å². The van der Waals surface area contributed by atoms with Gasteiger partial charge in [0.05, 0.1) is 6.54 Å². The Morgan fingerprint density at radius 1 is 1.05 bits per heavy atom. The molecule has 1 aromatic heterocycles. The summed E-state index contributed by atoms with van der Waals surface area (Å²) in [5.74, 6) is 1.07. The molecule has 0 atom stereocenters. The number of aromatic nitrogens is 1. The van der Waals surface area contributed by atoms with Crippen molar-refractivity contribution >= 4 is 17.9 Å². The molecule has 0 unspecified atom stereocenters. The SMILES string of the molecule is O=C1c2cccn2CCN1SCCc1ccccc1. The molecule has 0 fully saturated rings. The van der Waals surface area contributed by atoms with Gasteiger partial charge in [-0.3, -0.25) is 9.10 Å². The molecule has 2 aromatic rings. The number of hydrogen-bond acceptors (Lipinski definition) is 2. The monoisotopic (exact) mass is 272 g/mol. The standard InChI is InChI=1S/C15H16N2OS/c18-15-14-7-4-9-16(14)10-11-17(15)19-12-8-13-5-2-1-3-6-13/h1-7,9H,8,10-12H2. The predicted octanol–water partition coefficient (Wildman–Crippen LogP) is 2.83. The van der Waals surface area contributed by atoms with Crippen molar-refractivity contribution < 1.29 is 4.79 Å². The molecule has 0 radical (unpaired) electrons. The van der Waals surface area contributed by atoms with Crippen LogP contribution in [0.3, 0.4) is 0 Å². The van der Waals surface area contributed by atoms with Gasteiger partial charge in [-0.2, -0.15) is 0 Å². The molecule has 0 bridgehead atoms. The number of hydrogen-bond donors (Lipinski definition) is 0. The van der Waals surface area contributed by atoms with E-state index in [1.165, 1.54) is 5.56 Å². The number of carbonyl (C=O) groups excluding carboxylic acids is 1. The van der Waals surface area contributed by atoms with Crippen LogP contribution in [0.5, 0.6) is 0 Å². The number of aryl methyl sites for hydroxylation is 1. The van der Waals surface area contributed by atoms with E-state index in [1.807, 2.05) is 33.3 Å². The van der Waals surface area contributed by atoms with E-state index in [0.717, 1.165) is 31.0 Å². The highest BCUT2D eigenvalue weighted by Crippen LogP contribution is 2.21. The van der Waals surface area contributed by atoms with Gasteiger partial charge >= 0.3 is 0 Å². The normalized spacial score (nSPS) is 14.5. The lowest BCUT2D eigenvalue weighted by atomic mass is 10.2. The minimum Gasteiger partial charge on any atom is -0.342 e. The van der Waals surface area contributed by atoms with Crippen LogP contribution in [0.2, 0.25) is 0 Å². The fourth-order valence-electron chi connectivity index (χ4n) is 2.27. The maximum absolute atomic E-state index is 12.2. The zero-order valence-corrected chi connectivity index (χ0v) is 11.5. The van der Waals surface area contributed by atoms with Crippen LogP contribution >= 0.6 is 11.9 Å². The summed E-state index contributed by atoms with van der Waals surface area (Å²) >= 11 is 1.64. The highest BCUT2D eigenvalue weighted by Gasteiger charge is 2.23. The summed E-state index contributed by atoms with van der Waals surface area (Å²) in [5.41, 5.74) is 2.13. The molecular weight excluding hydrogens is 256 g/mol. The zero-order chi connectivity index (χ0) is 13.1. The molecule has 1 aliphatic rings. The van der Waals surface area contributed by atoms with Crippen molar-refractivity contribution in [3.63, 3.8) is 0 Å². The number of fused-ring (bicyclic) bond motifs is 1. The van der Waals surface area contributed by atoms with E-state index in [9.17, 15) is 4.79 Å². The third kappa shape index (κ3) is 2.68. The van der Waals surface area contributed by atoms with Gasteiger partial charge in [-0.25, -0.2) is 0 Å². The first-order valence-corrected chi connectivity index (χ1v) is 7.43. The Hall–Kier alpha value is -1.68. The van der Waals surface area contributed by atoms with Crippen LogP contribution in [-0.4, -0.2) is 27.1 Å². The molecule has 0 aliphatic carbocycles. The van der Waals surface area contributed by atoms with Gasteiger partial charge in [0.25, 0.3) is 5.91 Å². The average Bonchev–Trinajstić information content (AvgIpc) is 2.92. The molecule has 19 heavy (non-hydrogen) atoms. The van der Waals surface area contributed by atoms with Crippen LogP contribution in [0.4, 0.5) is 0 Å². The molecule has 0 N–H and O–H groups in total. The highest BCUT2D eigenvalue weighted by molar-refractivity contribution is 7.97. The van der Waals surface area contributed by atoms with E-state index in [1.54, 1.807) is 11.9 Å². The Labute approximate surface area is 117 Å². The van der Waals surface area contributed by atoms with Gasteiger partial charge in [-0.05, 0) is 36.1 Å². The van der Waals surface area contributed by atoms with Gasteiger partial charge in [-0.15, -0.1) is 0 Å². The van der Waals surface area contributed by atoms with E-state index < -0.39 is 0 Å². The number of benzene rings is 1. The van der Waals surface area contributed by atoms with Crippen molar-refractivity contribution in [2.45, 2.75) is 13.0 Å². The molecule has 1 aliphatic heterocycles. The molecule has 98 valence electrons. The van der Waals surface area contributed by atoms with Crippen molar-refractivity contribution in [1.82, 2.24) is 8.87 Å². The Morgan fingerprint density at radius 2 is 1.89 bits per heavy atom. The van der Waals surface area contributed by atoms with Crippen LogP contribution in [0, 0.1) is 0 Å². The van der Waals surface area contributed by atoms with Gasteiger partial charge in [-0.1, -0.05) is 30.3 Å². The van der Waals surface area contributed by atoms with Crippen molar-refractivity contribution in [3.05, 3.63) is 59.9 Å². The van der Waals surface area contributed by atoms with E-state index >= 15 is 0 Å². The van der Waals surface area contributed by atoms with E-state index in [4.69, 9.17) is 0 Å². The highest BCUT2D eigenvalue weighted by atomic mass is 32.2. The Balaban J connectivity index is 1.56. The predicted molar refractivity (Wildman–Crippen MR) is 78.1 cm³/mol. The van der Waals surface area contributed by atoms with Gasteiger partial charge in [0.1, 0.15) is 5.69 Å². The largest absolute Gasteiger partial charge is 0.342 e. The quantitative estimate of drug-likeness (QED) is 0.800. The molecule has 1 aromatic carbocycles. The molecular formula is C15H16N2OS. The summed E-state index contributed by atoms with van der Waals surface area (Å²) < 4.78 is 3.91. The third-order valence-electron chi connectivity index (χ3n) is 3.30. The van der Waals surface area contributed by atoms with Gasteiger partial charge in [0, 0.05) is 18.5 Å². The molecule has 1 amide bonds. The summed E-state index contributed by atoms with van der Waals surface area (Å²) in [4.78, 5) is 12.2. The summed E-state index contributed by atoms with van der Waals surface area (Å²) in [6.07, 6.45) is 2.97. The first-order valence-electron chi connectivity index (χ1n) is 6.48. The fourth-order valence-corrected chi connectivity index (χ4v) is 3.24. The average molecular weight is 272 g/mol. The number of rotatable bonds is 4. The van der Waals surface area contributed by atoms with Crippen LogP contribution < -0.4 is 0 Å². The van der Waals surface area contributed by atoms with Gasteiger partial charge < -0.3 is 4.57 Å². The lowest BCUT2D eigenvalue weighted by Gasteiger charge is -2.27. The third-order valence-corrected chi connectivity index (χ3v) is 4.35. The van der Waals surface area contributed by atoms with E-state index in [-0.39, 0.29) is 5.91 Å². The second kappa shape index (κ2) is 5.53. The topological polar surface area (TPSA) is 25.2 Å². The molecule has 0 spiro atoms. The minimum absolute atomic E-state index is 0.134. The van der Waals surface area contributed by atoms with Crippen LogP contribution in [0.15, 0.2) is 48.7 Å². The van der Waals surface area contributed by atoms with E-state index in [0.29, 0.717) is 0 Å². The molecule has 0 saturated carbocycles. The Kier molecular flexibility index (Phi) is 3.60. The molecule has 3 rings (SSSR count). The first-order chi connectivity index (χ1) is 9.34. The second-order valence-corrected chi connectivity index (χ2v) is 5.67. The lowest BCUT2D eigenvalue weighted by Crippen LogP contribution is -2.35. The van der Waals surface area contributed by atoms with Crippen LogP contribution in [0.25, 0.3) is 0 Å². The number of carbonyl (C=O) groups is 1. The maximum Gasteiger partial charge on any atom is 0.280 e. The van der Waals surface area contributed by atoms with Crippen molar-refractivity contribution in [2.75, 3.05) is 12.3 Å². The summed E-state index contributed by atoms with van der Waals surface area (Å²) in [7, 11) is 0. The summed E-state index contributed by atoms with van der Waals surface area (Å²) in [6.45, 7) is 1.69. The smallest absolute Gasteiger partial charge is 0.280 e. The summed E-state index contributed by atoms with van der Waals surface area (Å²) in [6, 6.07) is 14.2. The fraction of sp³-hybridized carbons (Fsp3) is 0.267. The molecule has 4 heteroatoms. The molecule has 2 heterocycles. The van der Waals surface area contributed by atoms with Crippen molar-refractivity contribution in [3.8, 4) is 0 Å². The van der Waals surface area contributed by atoms with Crippen LogP contribution in [-0.2, 0) is 13.0 Å². The first kappa shape index (κ1) is 12.4.